The molecule has 0 saturated heterocycles. The Morgan fingerprint density at radius 1 is 1.06 bits per heavy atom. The number of rotatable bonds is 2. The van der Waals surface area contributed by atoms with Gasteiger partial charge in [-0.25, -0.2) is 0 Å². The van der Waals surface area contributed by atoms with E-state index in [2.05, 4.69) is 5.32 Å². The van der Waals surface area contributed by atoms with Crippen LogP contribution in [0.2, 0.25) is 0 Å². The first-order valence-electron chi connectivity index (χ1n) is 5.92. The van der Waals surface area contributed by atoms with Gasteiger partial charge in [0.25, 0.3) is 0 Å². The second kappa shape index (κ2) is 4.18. The van der Waals surface area contributed by atoms with Crippen LogP contribution in [0.25, 0.3) is 0 Å². The van der Waals surface area contributed by atoms with Crippen LogP contribution < -0.4 is 10.1 Å². The summed E-state index contributed by atoms with van der Waals surface area (Å²) in [7, 11) is 0. The fourth-order valence-corrected chi connectivity index (χ4v) is 2.08. The van der Waals surface area contributed by atoms with Crippen LogP contribution in [-0.2, 0) is 4.79 Å². The molecular formula is C15H13NO2. The molecule has 90 valence electrons. The van der Waals surface area contributed by atoms with Crippen molar-refractivity contribution in [3.05, 3.63) is 54.1 Å². The van der Waals surface area contributed by atoms with Crippen molar-refractivity contribution >= 4 is 11.6 Å². The second-order valence-corrected chi connectivity index (χ2v) is 4.38. The lowest BCUT2D eigenvalue weighted by Crippen LogP contribution is -2.08. The van der Waals surface area contributed by atoms with Crippen molar-refractivity contribution in [2.75, 3.05) is 5.32 Å². The normalized spacial score (nSPS) is 17.2. The van der Waals surface area contributed by atoms with Crippen LogP contribution in [-0.4, -0.2) is 5.91 Å². The summed E-state index contributed by atoms with van der Waals surface area (Å²) in [4.78, 5) is 11.5. The van der Waals surface area contributed by atoms with Gasteiger partial charge in [-0.3, -0.25) is 4.79 Å². The van der Waals surface area contributed by atoms with Gasteiger partial charge in [0, 0.05) is 5.69 Å². The Morgan fingerprint density at radius 3 is 2.61 bits per heavy atom. The van der Waals surface area contributed by atoms with E-state index >= 15 is 0 Å². The van der Waals surface area contributed by atoms with Gasteiger partial charge in [0.05, 0.1) is 5.92 Å². The molecule has 1 atom stereocenters. The van der Waals surface area contributed by atoms with E-state index in [4.69, 9.17) is 4.74 Å². The summed E-state index contributed by atoms with van der Waals surface area (Å²) >= 11 is 0. The number of para-hydroxylation sites is 1. The van der Waals surface area contributed by atoms with Gasteiger partial charge in [0.1, 0.15) is 11.5 Å². The average molecular weight is 239 g/mol. The molecule has 3 nitrogen and oxygen atoms in total. The predicted octanol–water partition coefficient (Wildman–Crippen LogP) is 3.53. The summed E-state index contributed by atoms with van der Waals surface area (Å²) in [6.45, 7) is 1.90. The molecule has 1 amide bonds. The summed E-state index contributed by atoms with van der Waals surface area (Å²) in [5.41, 5.74) is 1.88. The quantitative estimate of drug-likeness (QED) is 0.870. The van der Waals surface area contributed by atoms with Gasteiger partial charge in [-0.1, -0.05) is 18.2 Å². The zero-order chi connectivity index (χ0) is 12.5. The van der Waals surface area contributed by atoms with E-state index in [1.54, 1.807) is 0 Å². The molecule has 1 N–H and O–H groups in total. The average Bonchev–Trinajstić information content (AvgIpc) is 2.67. The van der Waals surface area contributed by atoms with Crippen LogP contribution in [0.1, 0.15) is 18.4 Å². The number of carbonyl (C=O) groups is 1. The summed E-state index contributed by atoms with van der Waals surface area (Å²) in [5, 5.41) is 2.84. The monoisotopic (exact) mass is 239 g/mol. The van der Waals surface area contributed by atoms with E-state index in [0.717, 1.165) is 22.7 Å². The molecule has 1 aliphatic heterocycles. The van der Waals surface area contributed by atoms with Gasteiger partial charge in [0.15, 0.2) is 0 Å². The molecule has 0 aromatic heterocycles. The Hall–Kier alpha value is -2.29. The highest BCUT2D eigenvalue weighted by Crippen LogP contribution is 2.35. The van der Waals surface area contributed by atoms with E-state index in [1.165, 1.54) is 0 Å². The molecule has 3 rings (SSSR count). The lowest BCUT2D eigenvalue weighted by atomic mass is 10.0. The molecule has 0 radical (unpaired) electrons. The number of benzene rings is 2. The third-order valence-electron chi connectivity index (χ3n) is 3.12. The molecule has 1 heterocycles. The molecule has 0 unspecified atom stereocenters. The number of ether oxygens (including phenoxy) is 1. The van der Waals surface area contributed by atoms with Gasteiger partial charge in [-0.2, -0.15) is 0 Å². The summed E-state index contributed by atoms with van der Waals surface area (Å²) < 4.78 is 5.75. The summed E-state index contributed by atoms with van der Waals surface area (Å²) in [6.07, 6.45) is 0. The van der Waals surface area contributed by atoms with Gasteiger partial charge in [-0.15, -0.1) is 0 Å². The summed E-state index contributed by atoms with van der Waals surface area (Å²) in [6, 6.07) is 15.3. The topological polar surface area (TPSA) is 38.3 Å². The number of hydrogen-bond acceptors (Lipinski definition) is 2. The molecule has 3 heteroatoms. The third kappa shape index (κ3) is 1.84. The number of anilines is 1. The highest BCUT2D eigenvalue weighted by molar-refractivity contribution is 6.02. The van der Waals surface area contributed by atoms with Crippen LogP contribution in [0, 0.1) is 0 Å². The number of carbonyl (C=O) groups excluding carboxylic acids is 1. The van der Waals surface area contributed by atoms with E-state index < -0.39 is 0 Å². The molecule has 0 fully saturated rings. The zero-order valence-electron chi connectivity index (χ0n) is 10.0. The van der Waals surface area contributed by atoms with Crippen molar-refractivity contribution in [3.63, 3.8) is 0 Å². The van der Waals surface area contributed by atoms with Crippen molar-refractivity contribution in [2.24, 2.45) is 0 Å². The van der Waals surface area contributed by atoms with Gasteiger partial charge >= 0.3 is 0 Å². The number of nitrogens with one attached hydrogen (secondary N) is 1. The lowest BCUT2D eigenvalue weighted by Gasteiger charge is -2.08. The van der Waals surface area contributed by atoms with E-state index in [9.17, 15) is 4.79 Å². The van der Waals surface area contributed by atoms with Crippen molar-refractivity contribution in [1.29, 1.82) is 0 Å². The molecule has 1 aliphatic rings. The molecule has 0 bridgehead atoms. The minimum Gasteiger partial charge on any atom is -0.457 e. The Labute approximate surface area is 105 Å². The lowest BCUT2D eigenvalue weighted by molar-refractivity contribution is -0.116. The first-order chi connectivity index (χ1) is 8.74. The Bertz CT molecular complexity index is 593. The largest absolute Gasteiger partial charge is 0.457 e. The van der Waals surface area contributed by atoms with E-state index in [-0.39, 0.29) is 11.8 Å². The van der Waals surface area contributed by atoms with Crippen LogP contribution in [0.15, 0.2) is 48.5 Å². The molecule has 18 heavy (non-hydrogen) atoms. The van der Waals surface area contributed by atoms with Crippen LogP contribution >= 0.6 is 0 Å². The zero-order valence-corrected chi connectivity index (χ0v) is 10.0. The predicted molar refractivity (Wildman–Crippen MR) is 70.0 cm³/mol. The van der Waals surface area contributed by atoms with Gasteiger partial charge in [-0.05, 0) is 42.8 Å². The molecule has 0 saturated carbocycles. The minimum atomic E-state index is -0.112. The summed E-state index contributed by atoms with van der Waals surface area (Å²) in [5.74, 6) is 1.48. The molecule has 2 aromatic carbocycles. The van der Waals surface area contributed by atoms with Crippen LogP contribution in [0.4, 0.5) is 5.69 Å². The first-order valence-corrected chi connectivity index (χ1v) is 5.92. The Morgan fingerprint density at radius 2 is 1.83 bits per heavy atom. The maximum Gasteiger partial charge on any atom is 0.231 e. The number of fused-ring (bicyclic) bond motifs is 1. The van der Waals surface area contributed by atoms with Crippen molar-refractivity contribution in [3.8, 4) is 11.5 Å². The van der Waals surface area contributed by atoms with E-state index in [0.29, 0.717) is 0 Å². The molecule has 0 spiro atoms. The Balaban J connectivity index is 1.90. The minimum absolute atomic E-state index is 0.0434. The molecular weight excluding hydrogens is 226 g/mol. The highest BCUT2D eigenvalue weighted by atomic mass is 16.5. The van der Waals surface area contributed by atoms with Crippen molar-refractivity contribution in [2.45, 2.75) is 12.8 Å². The maximum absolute atomic E-state index is 11.5. The maximum atomic E-state index is 11.5. The molecule has 2 aromatic rings. The van der Waals surface area contributed by atoms with Gasteiger partial charge < -0.3 is 10.1 Å². The highest BCUT2D eigenvalue weighted by Gasteiger charge is 2.26. The SMILES string of the molecule is C[C@H]1C(=O)Nc2ccc(Oc3ccccc3)cc21. The smallest absolute Gasteiger partial charge is 0.231 e. The van der Waals surface area contributed by atoms with Crippen molar-refractivity contribution in [1.82, 2.24) is 0 Å². The number of amides is 1. The van der Waals surface area contributed by atoms with E-state index in [1.807, 2.05) is 55.5 Å². The standard InChI is InChI=1S/C15H13NO2/c1-10-13-9-12(7-8-14(13)16-15(10)17)18-11-5-3-2-4-6-11/h2-10H,1H3,(H,16,17)/t10-/m1/s1. The third-order valence-corrected chi connectivity index (χ3v) is 3.12. The number of hydrogen-bond donors (Lipinski definition) is 1. The Kier molecular flexibility index (Phi) is 2.52. The van der Waals surface area contributed by atoms with Crippen LogP contribution in [0.5, 0.6) is 11.5 Å². The fraction of sp³-hybridized carbons (Fsp3) is 0.133. The fourth-order valence-electron chi connectivity index (χ4n) is 2.08. The van der Waals surface area contributed by atoms with Gasteiger partial charge in [0.2, 0.25) is 5.91 Å². The molecule has 0 aliphatic carbocycles. The van der Waals surface area contributed by atoms with Crippen LogP contribution in [0.3, 0.4) is 0 Å². The first kappa shape index (κ1) is 10.8. The van der Waals surface area contributed by atoms with Crippen molar-refractivity contribution < 1.29 is 9.53 Å². The second-order valence-electron chi connectivity index (χ2n) is 4.38.